The highest BCUT2D eigenvalue weighted by molar-refractivity contribution is 7.99. The first-order chi connectivity index (χ1) is 8.18. The lowest BCUT2D eigenvalue weighted by Gasteiger charge is -2.18. The SMILES string of the molecule is C=C(C)C(=O)OCCN1CSc2ccccc21. The van der Waals surface area contributed by atoms with Gasteiger partial charge in [-0.25, -0.2) is 4.79 Å². The van der Waals surface area contributed by atoms with E-state index in [2.05, 4.69) is 23.6 Å². The van der Waals surface area contributed by atoms with Crippen LogP contribution in [0.3, 0.4) is 0 Å². The molecule has 0 fully saturated rings. The van der Waals surface area contributed by atoms with E-state index >= 15 is 0 Å². The quantitative estimate of drug-likeness (QED) is 0.606. The Balaban J connectivity index is 1.86. The predicted octanol–water partition coefficient (Wildman–Crippen LogP) is 2.68. The number of thioether (sulfide) groups is 1. The van der Waals surface area contributed by atoms with Gasteiger partial charge >= 0.3 is 5.97 Å². The van der Waals surface area contributed by atoms with E-state index in [1.165, 1.54) is 10.6 Å². The molecule has 17 heavy (non-hydrogen) atoms. The number of benzene rings is 1. The molecule has 4 heteroatoms. The van der Waals surface area contributed by atoms with Crippen LogP contribution in [-0.2, 0) is 9.53 Å². The molecule has 2 rings (SSSR count). The van der Waals surface area contributed by atoms with Crippen LogP contribution >= 0.6 is 11.8 Å². The van der Waals surface area contributed by atoms with Crippen LogP contribution in [0.1, 0.15) is 6.92 Å². The number of para-hydroxylation sites is 1. The molecule has 0 saturated carbocycles. The van der Waals surface area contributed by atoms with Gasteiger partial charge in [0.2, 0.25) is 0 Å². The highest BCUT2D eigenvalue weighted by atomic mass is 32.2. The number of hydrogen-bond acceptors (Lipinski definition) is 4. The van der Waals surface area contributed by atoms with Gasteiger partial charge in [-0.1, -0.05) is 18.7 Å². The maximum Gasteiger partial charge on any atom is 0.333 e. The number of hydrogen-bond donors (Lipinski definition) is 0. The molecule has 0 saturated heterocycles. The second-order valence-electron chi connectivity index (χ2n) is 3.92. The van der Waals surface area contributed by atoms with Crippen LogP contribution in [0.25, 0.3) is 0 Å². The Labute approximate surface area is 105 Å². The second kappa shape index (κ2) is 5.27. The Morgan fingerprint density at radius 2 is 2.29 bits per heavy atom. The van der Waals surface area contributed by atoms with Gasteiger partial charge in [0.15, 0.2) is 0 Å². The van der Waals surface area contributed by atoms with Crippen molar-refractivity contribution in [1.29, 1.82) is 0 Å². The Kier molecular flexibility index (Phi) is 3.74. The maximum atomic E-state index is 11.2. The first-order valence-electron chi connectivity index (χ1n) is 5.48. The van der Waals surface area contributed by atoms with E-state index in [-0.39, 0.29) is 5.97 Å². The molecular formula is C13H15NO2S. The predicted molar refractivity (Wildman–Crippen MR) is 70.3 cm³/mol. The molecule has 0 bridgehead atoms. The number of nitrogens with zero attached hydrogens (tertiary/aromatic N) is 1. The first-order valence-corrected chi connectivity index (χ1v) is 6.46. The summed E-state index contributed by atoms with van der Waals surface area (Å²) >= 11 is 1.81. The molecule has 0 atom stereocenters. The number of ether oxygens (including phenoxy) is 1. The summed E-state index contributed by atoms with van der Waals surface area (Å²) in [4.78, 5) is 14.7. The fraction of sp³-hybridized carbons (Fsp3) is 0.308. The van der Waals surface area contributed by atoms with Crippen molar-refractivity contribution in [3.63, 3.8) is 0 Å². The van der Waals surface area contributed by atoms with Crippen LogP contribution in [0, 0.1) is 0 Å². The fourth-order valence-electron chi connectivity index (χ4n) is 1.61. The highest BCUT2D eigenvalue weighted by Crippen LogP contribution is 2.37. The van der Waals surface area contributed by atoms with Crippen LogP contribution in [0.4, 0.5) is 5.69 Å². The highest BCUT2D eigenvalue weighted by Gasteiger charge is 2.18. The third kappa shape index (κ3) is 2.82. The number of rotatable bonds is 4. The van der Waals surface area contributed by atoms with Gasteiger partial charge in [0.05, 0.1) is 18.1 Å². The lowest BCUT2D eigenvalue weighted by atomic mass is 10.3. The summed E-state index contributed by atoms with van der Waals surface area (Å²) in [5.74, 6) is 0.606. The fourth-order valence-corrected chi connectivity index (χ4v) is 2.70. The van der Waals surface area contributed by atoms with Crippen LogP contribution in [0.15, 0.2) is 41.3 Å². The van der Waals surface area contributed by atoms with Gasteiger partial charge < -0.3 is 9.64 Å². The smallest absolute Gasteiger partial charge is 0.333 e. The lowest BCUT2D eigenvalue weighted by Crippen LogP contribution is -2.25. The maximum absolute atomic E-state index is 11.2. The second-order valence-corrected chi connectivity index (χ2v) is 4.91. The number of esters is 1. The third-order valence-electron chi connectivity index (χ3n) is 2.52. The first kappa shape index (κ1) is 12.0. The standard InChI is InChI=1S/C13H15NO2S/c1-10(2)13(15)16-8-7-14-9-17-12-6-4-3-5-11(12)14/h3-6H,1,7-9H2,2H3. The molecule has 1 aromatic carbocycles. The van der Waals surface area contributed by atoms with Gasteiger partial charge in [0, 0.05) is 10.5 Å². The summed E-state index contributed by atoms with van der Waals surface area (Å²) in [6.07, 6.45) is 0. The zero-order valence-corrected chi connectivity index (χ0v) is 10.6. The number of carbonyl (C=O) groups is 1. The van der Waals surface area contributed by atoms with E-state index in [1.54, 1.807) is 6.92 Å². The lowest BCUT2D eigenvalue weighted by molar-refractivity contribution is -0.138. The van der Waals surface area contributed by atoms with Gasteiger partial charge in [-0.2, -0.15) is 0 Å². The topological polar surface area (TPSA) is 29.5 Å². The third-order valence-corrected chi connectivity index (χ3v) is 3.62. The van der Waals surface area contributed by atoms with Crippen molar-refractivity contribution in [2.24, 2.45) is 0 Å². The summed E-state index contributed by atoms with van der Waals surface area (Å²) < 4.78 is 5.09. The summed E-state index contributed by atoms with van der Waals surface area (Å²) in [6, 6.07) is 8.27. The Hall–Kier alpha value is -1.42. The molecule has 0 N–H and O–H groups in total. The van der Waals surface area contributed by atoms with Crippen molar-refractivity contribution >= 4 is 23.4 Å². The van der Waals surface area contributed by atoms with Crippen molar-refractivity contribution in [1.82, 2.24) is 0 Å². The average Bonchev–Trinajstić information content (AvgIpc) is 2.72. The monoisotopic (exact) mass is 249 g/mol. The summed E-state index contributed by atoms with van der Waals surface area (Å²) in [7, 11) is 0. The largest absolute Gasteiger partial charge is 0.460 e. The van der Waals surface area contributed by atoms with E-state index < -0.39 is 0 Å². The molecule has 90 valence electrons. The molecule has 0 radical (unpaired) electrons. The Morgan fingerprint density at radius 3 is 3.06 bits per heavy atom. The molecule has 0 spiro atoms. The number of anilines is 1. The molecule has 0 aromatic heterocycles. The summed E-state index contributed by atoms with van der Waals surface area (Å²) in [5.41, 5.74) is 1.67. The van der Waals surface area contributed by atoms with Crippen LogP contribution in [0.5, 0.6) is 0 Å². The minimum Gasteiger partial charge on any atom is -0.460 e. The van der Waals surface area contributed by atoms with E-state index in [0.29, 0.717) is 12.2 Å². The Bertz CT molecular complexity index is 445. The normalized spacial score (nSPS) is 13.4. The van der Waals surface area contributed by atoms with E-state index in [1.807, 2.05) is 23.9 Å². The molecule has 1 aliphatic heterocycles. The van der Waals surface area contributed by atoms with Crippen molar-refractivity contribution < 1.29 is 9.53 Å². The molecule has 0 unspecified atom stereocenters. The van der Waals surface area contributed by atoms with Crippen molar-refractivity contribution in [3.05, 3.63) is 36.4 Å². The molecule has 1 aliphatic rings. The van der Waals surface area contributed by atoms with Gasteiger partial charge in [0.1, 0.15) is 6.61 Å². The molecule has 1 heterocycles. The average molecular weight is 249 g/mol. The Morgan fingerprint density at radius 1 is 1.53 bits per heavy atom. The van der Waals surface area contributed by atoms with Gasteiger partial charge in [0.25, 0.3) is 0 Å². The number of carbonyl (C=O) groups excluding carboxylic acids is 1. The molecule has 0 aliphatic carbocycles. The molecule has 1 aromatic rings. The van der Waals surface area contributed by atoms with Gasteiger partial charge in [-0.3, -0.25) is 0 Å². The van der Waals surface area contributed by atoms with Gasteiger partial charge in [-0.15, -0.1) is 11.8 Å². The van der Waals surface area contributed by atoms with E-state index in [0.717, 1.165) is 12.4 Å². The van der Waals surface area contributed by atoms with E-state index in [4.69, 9.17) is 4.74 Å². The minimum atomic E-state index is -0.315. The van der Waals surface area contributed by atoms with Gasteiger partial charge in [-0.05, 0) is 19.1 Å². The number of fused-ring (bicyclic) bond motifs is 1. The molecule has 3 nitrogen and oxygen atoms in total. The zero-order chi connectivity index (χ0) is 12.3. The van der Waals surface area contributed by atoms with Crippen LogP contribution in [-0.4, -0.2) is 25.0 Å². The molecular weight excluding hydrogens is 234 g/mol. The van der Waals surface area contributed by atoms with E-state index in [9.17, 15) is 4.79 Å². The van der Waals surface area contributed by atoms with Crippen molar-refractivity contribution in [2.75, 3.05) is 23.9 Å². The van der Waals surface area contributed by atoms with Crippen molar-refractivity contribution in [2.45, 2.75) is 11.8 Å². The zero-order valence-electron chi connectivity index (χ0n) is 9.81. The molecule has 0 amide bonds. The van der Waals surface area contributed by atoms with Crippen LogP contribution < -0.4 is 4.90 Å². The van der Waals surface area contributed by atoms with Crippen molar-refractivity contribution in [3.8, 4) is 0 Å². The summed E-state index contributed by atoms with van der Waals surface area (Å²) in [5, 5.41) is 0. The minimum absolute atomic E-state index is 0.315. The summed E-state index contributed by atoms with van der Waals surface area (Å²) in [6.45, 7) is 6.33. The van der Waals surface area contributed by atoms with Crippen LogP contribution in [0.2, 0.25) is 0 Å².